The first-order chi connectivity index (χ1) is 14.3. The summed E-state index contributed by atoms with van der Waals surface area (Å²) in [5.41, 5.74) is 0. The molecular formula is C17H22F6O8Zr. The van der Waals surface area contributed by atoms with Gasteiger partial charge < -0.3 is 24.6 Å². The van der Waals surface area contributed by atoms with Crippen LogP contribution in [0.5, 0.6) is 0 Å². The molecule has 0 aromatic carbocycles. The summed E-state index contributed by atoms with van der Waals surface area (Å²) in [6.45, 7) is 5.68. The van der Waals surface area contributed by atoms with Crippen LogP contribution in [0, 0.1) is 11.8 Å². The average Bonchev–Trinajstić information content (AvgIpc) is 2.53. The zero-order chi connectivity index (χ0) is 26.9. The van der Waals surface area contributed by atoms with Crippen molar-refractivity contribution in [1.82, 2.24) is 0 Å². The Morgan fingerprint density at radius 2 is 0.875 bits per heavy atom. The van der Waals surface area contributed by atoms with Crippen LogP contribution in [0.2, 0.25) is 0 Å². The fourth-order valence-corrected chi connectivity index (χ4v) is 1.69. The molecule has 0 saturated carbocycles. The third-order valence-electron chi connectivity index (χ3n) is 2.91. The number of rotatable bonds is 8. The van der Waals surface area contributed by atoms with Gasteiger partial charge in [-0.15, -0.1) is 0 Å². The van der Waals surface area contributed by atoms with Gasteiger partial charge >= 0.3 is 39.9 Å². The number of hydrogen-bond acceptors (Lipinski definition) is 8. The summed E-state index contributed by atoms with van der Waals surface area (Å²) in [5.74, 6) is -9.35. The van der Waals surface area contributed by atoms with Crippen LogP contribution < -0.4 is 10.2 Å². The molecule has 184 valence electrons. The van der Waals surface area contributed by atoms with E-state index in [-0.39, 0.29) is 18.6 Å². The Kier molecular flexibility index (Phi) is 22.0. The molecule has 0 saturated heterocycles. The van der Waals surface area contributed by atoms with Crippen molar-refractivity contribution in [3.8, 4) is 0 Å². The summed E-state index contributed by atoms with van der Waals surface area (Å²) in [6, 6.07) is 0. The van der Waals surface area contributed by atoms with Gasteiger partial charge in [-0.2, -0.15) is 26.3 Å². The number of Topliss-reactive ketones (excluding diaryl/α,β-unsaturated/α-hetero) is 3. The summed E-state index contributed by atoms with van der Waals surface area (Å²) in [7, 11) is 0. The number of ketones is 3. The molecule has 32 heavy (non-hydrogen) atoms. The molecule has 0 N–H and O–H groups in total. The van der Waals surface area contributed by atoms with Gasteiger partial charge in [-0.3, -0.25) is 9.59 Å². The summed E-state index contributed by atoms with van der Waals surface area (Å²) >= 11 is 0.300. The molecule has 0 fully saturated rings. The Morgan fingerprint density at radius 3 is 0.969 bits per heavy atom. The van der Waals surface area contributed by atoms with E-state index in [0.717, 1.165) is 0 Å². The van der Waals surface area contributed by atoms with Gasteiger partial charge in [-0.25, -0.2) is 0 Å². The van der Waals surface area contributed by atoms with Gasteiger partial charge in [-0.05, 0) is 26.7 Å². The van der Waals surface area contributed by atoms with E-state index < -0.39 is 60.5 Å². The zero-order valence-corrected chi connectivity index (χ0v) is 20.0. The van der Waals surface area contributed by atoms with Crippen LogP contribution in [0.3, 0.4) is 0 Å². The van der Waals surface area contributed by atoms with Crippen molar-refractivity contribution in [3.05, 3.63) is 0 Å². The number of carbonyl (C=O) groups excluding carboxylic acids is 5. The molecule has 0 aromatic rings. The predicted octanol–water partition coefficient (Wildman–Crippen LogP) is 1.04. The van der Waals surface area contributed by atoms with Gasteiger partial charge in [0.15, 0.2) is 11.6 Å². The summed E-state index contributed by atoms with van der Waals surface area (Å²) in [5, 5.41) is 20.3. The van der Waals surface area contributed by atoms with Crippen LogP contribution in [0.25, 0.3) is 0 Å². The Balaban J connectivity index is -0.000000197. The third-order valence-corrected chi connectivity index (χ3v) is 2.91. The molecule has 15 heteroatoms. The van der Waals surface area contributed by atoms with Crippen LogP contribution >= 0.6 is 0 Å². The van der Waals surface area contributed by atoms with Crippen molar-refractivity contribution in [2.75, 3.05) is 0 Å². The fourth-order valence-electron chi connectivity index (χ4n) is 1.69. The first-order valence-corrected chi connectivity index (χ1v) is 9.57. The van der Waals surface area contributed by atoms with Gasteiger partial charge in [0.05, 0.1) is 23.8 Å². The Morgan fingerprint density at radius 1 is 0.688 bits per heavy atom. The van der Waals surface area contributed by atoms with Gasteiger partial charge in [0.25, 0.3) is 0 Å². The van der Waals surface area contributed by atoms with E-state index in [0.29, 0.717) is 24.7 Å². The van der Waals surface area contributed by atoms with Crippen molar-refractivity contribution in [1.29, 1.82) is 0 Å². The van der Waals surface area contributed by atoms with Gasteiger partial charge in [0.2, 0.25) is 0 Å². The third kappa shape index (κ3) is 26.2. The molecule has 0 aliphatic rings. The topological polar surface area (TPSA) is 149 Å². The molecule has 0 bridgehead atoms. The van der Waals surface area contributed by atoms with E-state index >= 15 is 0 Å². The van der Waals surface area contributed by atoms with E-state index in [9.17, 15) is 60.5 Å². The SMILES string of the molecule is CC(C)=O.CCC(C(=O)[O-])C(=O)CC(F)(F)F.CCC(C(=O)[O-])C(=O)CC(F)(F)F.[O]=[Zr+2]. The van der Waals surface area contributed by atoms with Gasteiger partial charge in [-0.1, -0.05) is 13.8 Å². The van der Waals surface area contributed by atoms with Crippen LogP contribution in [0.15, 0.2) is 0 Å². The second-order valence-electron chi connectivity index (χ2n) is 5.98. The van der Waals surface area contributed by atoms with Crippen LogP contribution in [-0.2, 0) is 51.5 Å². The predicted molar refractivity (Wildman–Crippen MR) is 86.0 cm³/mol. The molecule has 0 aliphatic carbocycles. The van der Waals surface area contributed by atoms with E-state index in [4.69, 9.17) is 2.81 Å². The molecule has 0 aromatic heterocycles. The van der Waals surface area contributed by atoms with Gasteiger partial charge in [0.1, 0.15) is 18.6 Å². The fraction of sp³-hybridized carbons (Fsp3) is 0.706. The minimum atomic E-state index is -4.65. The maximum atomic E-state index is 11.6. The number of hydrogen-bond donors (Lipinski definition) is 0. The van der Waals surface area contributed by atoms with Crippen molar-refractivity contribution in [2.24, 2.45) is 11.8 Å². The molecule has 0 aliphatic heterocycles. The van der Waals surface area contributed by atoms with Crippen molar-refractivity contribution < 1.29 is 88.1 Å². The molecule has 0 amide bonds. The van der Waals surface area contributed by atoms with Crippen LogP contribution in [-0.4, -0.2) is 41.6 Å². The van der Waals surface area contributed by atoms with E-state index in [1.165, 1.54) is 27.7 Å². The molecule has 0 rings (SSSR count). The molecule has 0 spiro atoms. The number of halogens is 6. The minimum absolute atomic E-state index is 0.167. The molecule has 2 atom stereocenters. The van der Waals surface area contributed by atoms with E-state index in [2.05, 4.69) is 0 Å². The Bertz CT molecular complexity index is 569. The molecule has 0 heterocycles. The first kappa shape index (κ1) is 37.5. The van der Waals surface area contributed by atoms with Gasteiger partial charge in [0, 0.05) is 0 Å². The summed E-state index contributed by atoms with van der Waals surface area (Å²) < 4.78 is 78.1. The maximum absolute atomic E-state index is 11.6. The number of carboxylic acid groups (broad SMARTS) is 2. The van der Waals surface area contributed by atoms with Crippen molar-refractivity contribution in [3.63, 3.8) is 0 Å². The van der Waals surface area contributed by atoms with Crippen LogP contribution in [0.1, 0.15) is 53.4 Å². The van der Waals surface area contributed by atoms with Crippen LogP contribution in [0.4, 0.5) is 26.3 Å². The average molecular weight is 560 g/mol. The second-order valence-corrected chi connectivity index (χ2v) is 5.98. The second kappa shape index (κ2) is 18.8. The number of carbonyl (C=O) groups is 5. The number of alkyl halides is 6. The van der Waals surface area contributed by atoms with E-state index in [1.54, 1.807) is 0 Å². The number of carboxylic acids is 2. The number of aliphatic carboxylic acids is 2. The standard InChI is InChI=1S/2C7H9F3O3.C3H6O.O.Zr/c2*1-2-4(6(12)13)5(11)3-7(8,9)10;1-3(2)4;;/h2*4H,2-3H2,1H3,(H,12,13);1-2H3;;/q;;;;+2/p-2. The Labute approximate surface area is 195 Å². The quantitative estimate of drug-likeness (QED) is 0.316. The summed E-state index contributed by atoms with van der Waals surface area (Å²) in [6.07, 6.45) is -13.1. The first-order valence-electron chi connectivity index (χ1n) is 8.57. The molecule has 0 radical (unpaired) electrons. The Hall–Kier alpha value is -1.79. The molecular weight excluding hydrogens is 537 g/mol. The van der Waals surface area contributed by atoms with Crippen molar-refractivity contribution >= 4 is 29.3 Å². The molecule has 2 unspecified atom stereocenters. The molecule has 8 nitrogen and oxygen atoms in total. The monoisotopic (exact) mass is 558 g/mol. The summed E-state index contributed by atoms with van der Waals surface area (Å²) in [4.78, 5) is 51.1. The van der Waals surface area contributed by atoms with E-state index in [1.807, 2.05) is 0 Å². The normalized spacial score (nSPS) is 12.2. The van der Waals surface area contributed by atoms with Crippen molar-refractivity contribution in [2.45, 2.75) is 65.7 Å². The zero-order valence-electron chi connectivity index (χ0n) is 17.5.